The predicted octanol–water partition coefficient (Wildman–Crippen LogP) is 5.38. The SMILES string of the molecule is CC(C)(C)OC(=O)N[C@@H](CCCCNS(=O)(=O)c1ccccc1)C(=O)N(Cc1cccs1)Cc1cccs1. The zero-order chi connectivity index (χ0) is 27.6. The van der Waals surface area contributed by atoms with Gasteiger partial charge in [-0.1, -0.05) is 30.3 Å². The van der Waals surface area contributed by atoms with Crippen LogP contribution in [0.4, 0.5) is 4.79 Å². The maximum absolute atomic E-state index is 13.8. The molecule has 3 rings (SSSR count). The number of carbonyl (C=O) groups is 2. The lowest BCUT2D eigenvalue weighted by molar-refractivity contribution is -0.134. The number of hydrogen-bond donors (Lipinski definition) is 2. The van der Waals surface area contributed by atoms with Gasteiger partial charge in [-0.15, -0.1) is 22.7 Å². The van der Waals surface area contributed by atoms with Crippen LogP contribution >= 0.6 is 22.7 Å². The van der Waals surface area contributed by atoms with Gasteiger partial charge in [0.2, 0.25) is 15.9 Å². The number of nitrogens with one attached hydrogen (secondary N) is 2. The first-order valence-corrected chi connectivity index (χ1v) is 15.7. The van der Waals surface area contributed by atoms with E-state index < -0.39 is 27.8 Å². The molecule has 0 fully saturated rings. The minimum absolute atomic E-state index is 0.206. The Bertz CT molecular complexity index is 1200. The number of thiophene rings is 2. The van der Waals surface area contributed by atoms with Gasteiger partial charge >= 0.3 is 6.09 Å². The van der Waals surface area contributed by atoms with Crippen molar-refractivity contribution in [2.75, 3.05) is 6.54 Å². The molecule has 206 valence electrons. The second-order valence-corrected chi connectivity index (χ2v) is 13.6. The summed E-state index contributed by atoms with van der Waals surface area (Å²) in [5, 5.41) is 6.70. The van der Waals surface area contributed by atoms with Crippen LogP contribution in [-0.4, -0.2) is 43.5 Å². The van der Waals surface area contributed by atoms with Crippen LogP contribution in [0.2, 0.25) is 0 Å². The molecule has 1 atom stereocenters. The van der Waals surface area contributed by atoms with Crippen LogP contribution < -0.4 is 10.0 Å². The third kappa shape index (κ3) is 9.86. The van der Waals surface area contributed by atoms with Crippen LogP contribution in [0.5, 0.6) is 0 Å². The minimum atomic E-state index is -3.60. The highest BCUT2D eigenvalue weighted by atomic mass is 32.2. The number of carbonyl (C=O) groups excluding carboxylic acids is 2. The van der Waals surface area contributed by atoms with E-state index in [4.69, 9.17) is 4.74 Å². The van der Waals surface area contributed by atoms with Crippen molar-refractivity contribution in [2.45, 2.75) is 69.7 Å². The molecular weight excluding hydrogens is 543 g/mol. The Morgan fingerprint density at radius 2 is 1.53 bits per heavy atom. The van der Waals surface area contributed by atoms with Gasteiger partial charge in [0.25, 0.3) is 0 Å². The van der Waals surface area contributed by atoms with Gasteiger partial charge in [-0.2, -0.15) is 0 Å². The molecule has 2 aromatic heterocycles. The van der Waals surface area contributed by atoms with E-state index in [0.717, 1.165) is 9.75 Å². The Kier molecular flexibility index (Phi) is 10.9. The number of sulfonamides is 1. The minimum Gasteiger partial charge on any atom is -0.444 e. The summed E-state index contributed by atoms with van der Waals surface area (Å²) in [6.45, 7) is 6.38. The highest BCUT2D eigenvalue weighted by Crippen LogP contribution is 2.20. The summed E-state index contributed by atoms with van der Waals surface area (Å²) in [6.07, 6.45) is 0.709. The number of rotatable bonds is 13. The fraction of sp³-hybridized carbons (Fsp3) is 0.407. The van der Waals surface area contributed by atoms with Crippen LogP contribution in [0.3, 0.4) is 0 Å². The highest BCUT2D eigenvalue weighted by molar-refractivity contribution is 7.89. The molecule has 8 nitrogen and oxygen atoms in total. The zero-order valence-electron chi connectivity index (χ0n) is 21.9. The van der Waals surface area contributed by atoms with Gasteiger partial charge in [-0.3, -0.25) is 4.79 Å². The van der Waals surface area contributed by atoms with Crippen LogP contribution in [0.25, 0.3) is 0 Å². The summed E-state index contributed by atoms with van der Waals surface area (Å²) in [4.78, 5) is 30.4. The molecule has 2 heterocycles. The predicted molar refractivity (Wildman–Crippen MR) is 152 cm³/mol. The first-order chi connectivity index (χ1) is 18.0. The maximum Gasteiger partial charge on any atom is 0.408 e. The fourth-order valence-electron chi connectivity index (χ4n) is 3.68. The molecule has 0 bridgehead atoms. The van der Waals surface area contributed by atoms with Crippen LogP contribution in [-0.2, 0) is 32.6 Å². The van der Waals surface area contributed by atoms with Crippen LogP contribution in [0.15, 0.2) is 70.3 Å². The average Bonchev–Trinajstić information content (AvgIpc) is 3.56. The first-order valence-electron chi connectivity index (χ1n) is 12.4. The van der Waals surface area contributed by atoms with E-state index in [1.165, 1.54) is 12.1 Å². The maximum atomic E-state index is 13.8. The lowest BCUT2D eigenvalue weighted by Crippen LogP contribution is -2.49. The molecule has 0 unspecified atom stereocenters. The van der Waals surface area contributed by atoms with Crippen molar-refractivity contribution in [3.8, 4) is 0 Å². The molecule has 0 saturated carbocycles. The second kappa shape index (κ2) is 13.9. The Morgan fingerprint density at radius 3 is 2.05 bits per heavy atom. The van der Waals surface area contributed by atoms with E-state index >= 15 is 0 Å². The number of benzene rings is 1. The van der Waals surface area contributed by atoms with Crippen molar-refractivity contribution in [2.24, 2.45) is 0 Å². The number of amides is 2. The average molecular weight is 578 g/mol. The largest absolute Gasteiger partial charge is 0.444 e. The van der Waals surface area contributed by atoms with Gasteiger partial charge in [0.05, 0.1) is 18.0 Å². The molecule has 11 heteroatoms. The quantitative estimate of drug-likeness (QED) is 0.266. The molecule has 0 aliphatic heterocycles. The molecule has 0 aliphatic rings. The van der Waals surface area contributed by atoms with Crippen molar-refractivity contribution >= 4 is 44.7 Å². The van der Waals surface area contributed by atoms with Crippen molar-refractivity contribution in [1.29, 1.82) is 0 Å². The van der Waals surface area contributed by atoms with E-state index in [2.05, 4.69) is 10.0 Å². The molecule has 0 aliphatic carbocycles. The van der Waals surface area contributed by atoms with Crippen molar-refractivity contribution in [3.05, 3.63) is 75.1 Å². The highest BCUT2D eigenvalue weighted by Gasteiger charge is 2.28. The standard InChI is InChI=1S/C27H35N3O5S3/c1-27(2,3)35-26(32)29-24(15-7-8-16-28-38(33,34)23-13-5-4-6-14-23)25(31)30(19-21-11-9-17-36-21)20-22-12-10-18-37-22/h4-6,9-14,17-18,24,28H,7-8,15-16,19-20H2,1-3H3,(H,29,32)/t24-/m0/s1. The lowest BCUT2D eigenvalue weighted by Gasteiger charge is -2.28. The number of unbranched alkanes of at least 4 members (excludes halogenated alkanes) is 1. The summed E-state index contributed by atoms with van der Waals surface area (Å²) in [5.41, 5.74) is -0.707. The molecule has 38 heavy (non-hydrogen) atoms. The van der Waals surface area contributed by atoms with Gasteiger partial charge < -0.3 is 15.0 Å². The summed E-state index contributed by atoms with van der Waals surface area (Å²) >= 11 is 3.14. The summed E-state index contributed by atoms with van der Waals surface area (Å²) < 4.78 is 33.0. The fourth-order valence-corrected chi connectivity index (χ4v) is 6.22. The Morgan fingerprint density at radius 1 is 0.921 bits per heavy atom. The summed E-state index contributed by atoms with van der Waals surface area (Å²) in [7, 11) is -3.60. The Hall–Kier alpha value is -2.73. The van der Waals surface area contributed by atoms with E-state index in [-0.39, 0.29) is 17.3 Å². The molecule has 0 spiro atoms. The molecule has 1 aromatic carbocycles. The molecular formula is C27H35N3O5S3. The van der Waals surface area contributed by atoms with Crippen molar-refractivity contribution < 1.29 is 22.7 Å². The molecule has 2 N–H and O–H groups in total. The monoisotopic (exact) mass is 577 g/mol. The Labute approximate surface area is 233 Å². The van der Waals surface area contributed by atoms with Crippen molar-refractivity contribution in [3.63, 3.8) is 0 Å². The summed E-state index contributed by atoms with van der Waals surface area (Å²) in [6, 6.07) is 15.2. The Balaban J connectivity index is 1.66. The first kappa shape index (κ1) is 29.8. The topological polar surface area (TPSA) is 105 Å². The van der Waals surface area contributed by atoms with E-state index in [0.29, 0.717) is 32.4 Å². The van der Waals surface area contributed by atoms with Gasteiger partial charge in [0.1, 0.15) is 11.6 Å². The van der Waals surface area contributed by atoms with E-state index in [9.17, 15) is 18.0 Å². The molecule has 0 saturated heterocycles. The smallest absolute Gasteiger partial charge is 0.408 e. The normalized spacial score (nSPS) is 12.6. The van der Waals surface area contributed by atoms with Gasteiger partial charge in [0, 0.05) is 16.3 Å². The van der Waals surface area contributed by atoms with E-state index in [1.807, 2.05) is 35.0 Å². The van der Waals surface area contributed by atoms with Gasteiger partial charge in [0.15, 0.2) is 0 Å². The number of ether oxygens (including phenoxy) is 1. The van der Waals surface area contributed by atoms with Gasteiger partial charge in [-0.05, 0) is 75.1 Å². The van der Waals surface area contributed by atoms with Crippen LogP contribution in [0.1, 0.15) is 49.8 Å². The molecule has 0 radical (unpaired) electrons. The van der Waals surface area contributed by atoms with Crippen LogP contribution in [0, 0.1) is 0 Å². The van der Waals surface area contributed by atoms with Crippen molar-refractivity contribution in [1.82, 2.24) is 14.9 Å². The van der Waals surface area contributed by atoms with E-state index in [1.54, 1.807) is 66.5 Å². The third-order valence-corrected chi connectivity index (χ3v) is 8.62. The number of nitrogens with zero attached hydrogens (tertiary/aromatic N) is 1. The second-order valence-electron chi connectivity index (χ2n) is 9.76. The molecule has 2 amide bonds. The summed E-state index contributed by atoms with van der Waals surface area (Å²) in [5.74, 6) is -0.206. The molecule has 3 aromatic rings. The lowest BCUT2D eigenvalue weighted by atomic mass is 10.1. The third-order valence-electron chi connectivity index (χ3n) is 5.42. The van der Waals surface area contributed by atoms with Gasteiger partial charge in [-0.25, -0.2) is 17.9 Å². The number of hydrogen-bond acceptors (Lipinski definition) is 7. The zero-order valence-corrected chi connectivity index (χ0v) is 24.3. The number of alkyl carbamates (subject to hydrolysis) is 1.